The lowest BCUT2D eigenvalue weighted by atomic mass is 10.0. The Kier molecular flexibility index (Phi) is 6.34. The molecular formula is C16H24ClNO2. The van der Waals surface area contributed by atoms with E-state index in [1.807, 2.05) is 13.0 Å². The van der Waals surface area contributed by atoms with Gasteiger partial charge in [0, 0.05) is 7.05 Å². The van der Waals surface area contributed by atoms with Gasteiger partial charge in [-0.05, 0) is 37.0 Å². The summed E-state index contributed by atoms with van der Waals surface area (Å²) in [5, 5.41) is -0.495. The van der Waals surface area contributed by atoms with Crippen LogP contribution in [0.15, 0.2) is 18.2 Å². The molecule has 0 N–H and O–H groups in total. The highest BCUT2D eigenvalue weighted by atomic mass is 35.5. The molecule has 1 amide bonds. The average Bonchev–Trinajstić information content (AvgIpc) is 2.37. The average molecular weight is 298 g/mol. The first-order chi connectivity index (χ1) is 9.32. The summed E-state index contributed by atoms with van der Waals surface area (Å²) in [7, 11) is 1.74. The van der Waals surface area contributed by atoms with Gasteiger partial charge >= 0.3 is 0 Å². The first kappa shape index (κ1) is 16.8. The maximum atomic E-state index is 11.7. The van der Waals surface area contributed by atoms with Crippen LogP contribution in [-0.4, -0.2) is 36.4 Å². The van der Waals surface area contributed by atoms with Crippen LogP contribution in [0, 0.1) is 6.92 Å². The number of likely N-dealkylation sites (N-methyl/N-ethyl adjacent to an activating group) is 1. The lowest BCUT2D eigenvalue weighted by Gasteiger charge is -2.20. The molecule has 0 aliphatic carbocycles. The quantitative estimate of drug-likeness (QED) is 0.751. The summed E-state index contributed by atoms with van der Waals surface area (Å²) < 4.78 is 5.84. The molecule has 0 radical (unpaired) electrons. The van der Waals surface area contributed by atoms with E-state index < -0.39 is 5.38 Å². The zero-order valence-electron chi connectivity index (χ0n) is 12.9. The third-order valence-corrected chi connectivity index (χ3v) is 3.38. The Labute approximate surface area is 126 Å². The smallest absolute Gasteiger partial charge is 0.240 e. The van der Waals surface area contributed by atoms with Crippen LogP contribution in [0.2, 0.25) is 0 Å². The third-order valence-electron chi connectivity index (χ3n) is 3.19. The Balaban J connectivity index is 2.62. The maximum absolute atomic E-state index is 11.7. The Morgan fingerprint density at radius 3 is 2.55 bits per heavy atom. The van der Waals surface area contributed by atoms with Gasteiger partial charge in [0.15, 0.2) is 0 Å². The minimum absolute atomic E-state index is 0.0800. The van der Waals surface area contributed by atoms with E-state index in [0.29, 0.717) is 19.1 Å². The maximum Gasteiger partial charge on any atom is 0.240 e. The lowest BCUT2D eigenvalue weighted by Crippen LogP contribution is -2.35. The molecule has 20 heavy (non-hydrogen) atoms. The van der Waals surface area contributed by atoms with Gasteiger partial charge in [-0.25, -0.2) is 0 Å². The molecule has 1 atom stereocenters. The van der Waals surface area contributed by atoms with Crippen LogP contribution in [0.4, 0.5) is 0 Å². The fourth-order valence-electron chi connectivity index (χ4n) is 1.95. The van der Waals surface area contributed by atoms with Gasteiger partial charge in [0.05, 0.1) is 6.54 Å². The van der Waals surface area contributed by atoms with Crippen molar-refractivity contribution in [1.82, 2.24) is 4.90 Å². The van der Waals surface area contributed by atoms with Crippen LogP contribution in [0.5, 0.6) is 5.75 Å². The Morgan fingerprint density at radius 1 is 1.35 bits per heavy atom. The molecule has 0 bridgehead atoms. The molecule has 112 valence electrons. The van der Waals surface area contributed by atoms with Gasteiger partial charge in [0.25, 0.3) is 0 Å². The number of halogens is 1. The van der Waals surface area contributed by atoms with E-state index in [-0.39, 0.29) is 5.91 Å². The summed E-state index contributed by atoms with van der Waals surface area (Å²) >= 11 is 5.77. The molecule has 0 aliphatic heterocycles. The van der Waals surface area contributed by atoms with Crippen LogP contribution in [0.3, 0.4) is 0 Å². The third kappa shape index (κ3) is 4.71. The Morgan fingerprint density at radius 2 is 2.00 bits per heavy atom. The minimum Gasteiger partial charge on any atom is -0.491 e. The Bertz CT molecular complexity index is 458. The van der Waals surface area contributed by atoms with Crippen LogP contribution < -0.4 is 4.74 Å². The van der Waals surface area contributed by atoms with Crippen molar-refractivity contribution in [3.8, 4) is 5.75 Å². The summed E-state index contributed by atoms with van der Waals surface area (Å²) in [6, 6.07) is 6.24. The van der Waals surface area contributed by atoms with Crippen molar-refractivity contribution in [2.24, 2.45) is 0 Å². The highest BCUT2D eigenvalue weighted by molar-refractivity contribution is 6.30. The molecule has 1 aromatic rings. The van der Waals surface area contributed by atoms with Gasteiger partial charge in [0.2, 0.25) is 5.91 Å². The number of rotatable bonds is 6. The van der Waals surface area contributed by atoms with Gasteiger partial charge in [-0.3, -0.25) is 4.79 Å². The van der Waals surface area contributed by atoms with Crippen LogP contribution in [0.1, 0.15) is 37.8 Å². The number of hydrogen-bond donors (Lipinski definition) is 0. The van der Waals surface area contributed by atoms with E-state index in [4.69, 9.17) is 16.3 Å². The van der Waals surface area contributed by atoms with Crippen molar-refractivity contribution in [2.45, 2.75) is 39.0 Å². The van der Waals surface area contributed by atoms with Crippen LogP contribution >= 0.6 is 11.6 Å². The second kappa shape index (κ2) is 7.53. The van der Waals surface area contributed by atoms with Crippen molar-refractivity contribution in [3.05, 3.63) is 29.3 Å². The van der Waals surface area contributed by atoms with Crippen molar-refractivity contribution in [2.75, 3.05) is 20.2 Å². The molecule has 1 aromatic carbocycles. The molecule has 1 rings (SSSR count). The molecule has 0 aliphatic rings. The number of ether oxygens (including phenoxy) is 1. The number of amides is 1. The van der Waals surface area contributed by atoms with Crippen LogP contribution in [-0.2, 0) is 4.79 Å². The first-order valence-electron chi connectivity index (χ1n) is 6.95. The fraction of sp³-hybridized carbons (Fsp3) is 0.562. The summed E-state index contributed by atoms with van der Waals surface area (Å²) in [5.41, 5.74) is 2.36. The van der Waals surface area contributed by atoms with Crippen molar-refractivity contribution in [1.29, 1.82) is 0 Å². The monoisotopic (exact) mass is 297 g/mol. The van der Waals surface area contributed by atoms with E-state index in [1.165, 1.54) is 11.1 Å². The molecular weight excluding hydrogens is 274 g/mol. The Hall–Kier alpha value is -1.22. The van der Waals surface area contributed by atoms with E-state index in [0.717, 1.165) is 5.75 Å². The van der Waals surface area contributed by atoms with Crippen molar-refractivity contribution in [3.63, 3.8) is 0 Å². The molecule has 0 saturated carbocycles. The summed E-state index contributed by atoms with van der Waals surface area (Å²) in [4.78, 5) is 13.3. The molecule has 1 unspecified atom stereocenters. The number of hydrogen-bond acceptors (Lipinski definition) is 2. The predicted octanol–water partition coefficient (Wildman–Crippen LogP) is 3.58. The molecule has 0 spiro atoms. The molecule has 4 heteroatoms. The highest BCUT2D eigenvalue weighted by Crippen LogP contribution is 2.27. The minimum atomic E-state index is -0.495. The van der Waals surface area contributed by atoms with E-state index in [1.54, 1.807) is 18.9 Å². The molecule has 0 saturated heterocycles. The topological polar surface area (TPSA) is 29.5 Å². The van der Waals surface area contributed by atoms with Gasteiger partial charge in [-0.1, -0.05) is 26.0 Å². The largest absolute Gasteiger partial charge is 0.491 e. The number of carbonyl (C=O) groups is 1. The molecule has 0 fully saturated rings. The molecule has 3 nitrogen and oxygen atoms in total. The number of alkyl halides is 1. The second-order valence-electron chi connectivity index (χ2n) is 5.42. The zero-order chi connectivity index (χ0) is 15.3. The normalized spacial score (nSPS) is 12.3. The van der Waals surface area contributed by atoms with Gasteiger partial charge < -0.3 is 9.64 Å². The van der Waals surface area contributed by atoms with E-state index in [9.17, 15) is 4.79 Å². The second-order valence-corrected chi connectivity index (χ2v) is 6.07. The lowest BCUT2D eigenvalue weighted by molar-refractivity contribution is -0.129. The summed E-state index contributed by atoms with van der Waals surface area (Å²) in [6.07, 6.45) is 0. The summed E-state index contributed by atoms with van der Waals surface area (Å²) in [5.74, 6) is 1.23. The van der Waals surface area contributed by atoms with Gasteiger partial charge in [-0.2, -0.15) is 0 Å². The molecule has 0 heterocycles. The van der Waals surface area contributed by atoms with Gasteiger partial charge in [0.1, 0.15) is 17.7 Å². The number of aryl methyl sites for hydroxylation is 1. The van der Waals surface area contributed by atoms with Crippen LogP contribution in [0.25, 0.3) is 0 Å². The van der Waals surface area contributed by atoms with E-state index in [2.05, 4.69) is 26.0 Å². The highest BCUT2D eigenvalue weighted by Gasteiger charge is 2.15. The SMILES string of the molecule is Cc1ccc(C(C)C)c(OCCN(C)C(=O)C(C)Cl)c1. The van der Waals surface area contributed by atoms with Gasteiger partial charge in [-0.15, -0.1) is 11.6 Å². The number of carbonyl (C=O) groups excluding carboxylic acids is 1. The van der Waals surface area contributed by atoms with Crippen molar-refractivity contribution >= 4 is 17.5 Å². The number of nitrogens with zero attached hydrogens (tertiary/aromatic N) is 1. The van der Waals surface area contributed by atoms with E-state index >= 15 is 0 Å². The predicted molar refractivity (Wildman–Crippen MR) is 83.7 cm³/mol. The number of benzene rings is 1. The van der Waals surface area contributed by atoms with Crippen molar-refractivity contribution < 1.29 is 9.53 Å². The molecule has 0 aromatic heterocycles. The summed E-state index contributed by atoms with van der Waals surface area (Å²) in [6.45, 7) is 9.00. The zero-order valence-corrected chi connectivity index (χ0v) is 13.7. The first-order valence-corrected chi connectivity index (χ1v) is 7.39. The standard InChI is InChI=1S/C16H24ClNO2/c1-11(2)14-7-6-12(3)10-15(14)20-9-8-18(5)16(19)13(4)17/h6-7,10-11,13H,8-9H2,1-5H3. The fourth-order valence-corrected chi connectivity index (χ4v) is 2.12.